The molecular formula is C14H24N2O5. The van der Waals surface area contributed by atoms with Crippen molar-refractivity contribution in [1.82, 2.24) is 0 Å². The van der Waals surface area contributed by atoms with Crippen LogP contribution in [0.2, 0.25) is 0 Å². The quantitative estimate of drug-likeness (QED) is 0.336. The van der Waals surface area contributed by atoms with Crippen LogP contribution in [-0.2, 0) is 19.1 Å². The Morgan fingerprint density at radius 1 is 1.33 bits per heavy atom. The van der Waals surface area contributed by atoms with Gasteiger partial charge in [0, 0.05) is 5.57 Å². The van der Waals surface area contributed by atoms with Crippen molar-refractivity contribution < 1.29 is 23.9 Å². The van der Waals surface area contributed by atoms with E-state index < -0.39 is 18.3 Å². The summed E-state index contributed by atoms with van der Waals surface area (Å²) in [4.78, 5) is 33.7. The summed E-state index contributed by atoms with van der Waals surface area (Å²) in [5, 5.41) is 0. The molecule has 0 aliphatic rings. The fourth-order valence-electron chi connectivity index (χ4n) is 1.10. The molecule has 7 nitrogen and oxygen atoms in total. The van der Waals surface area contributed by atoms with Crippen molar-refractivity contribution >= 4 is 18.1 Å². The second kappa shape index (κ2) is 12.9. The van der Waals surface area contributed by atoms with Crippen LogP contribution in [0.25, 0.3) is 0 Å². The summed E-state index contributed by atoms with van der Waals surface area (Å²) in [6.45, 7) is 10.3. The molecule has 0 aromatic rings. The Kier molecular flexibility index (Phi) is 13.0. The number of esters is 1. The average Bonchev–Trinajstić information content (AvgIpc) is 2.36. The Morgan fingerprint density at radius 2 is 1.90 bits per heavy atom. The van der Waals surface area contributed by atoms with Crippen LogP contribution >= 0.6 is 0 Å². The van der Waals surface area contributed by atoms with Crippen LogP contribution in [0.15, 0.2) is 17.1 Å². The van der Waals surface area contributed by atoms with Crippen molar-refractivity contribution in [2.45, 2.75) is 59.3 Å². The van der Waals surface area contributed by atoms with E-state index in [0.717, 1.165) is 19.3 Å². The van der Waals surface area contributed by atoms with Gasteiger partial charge in [0.2, 0.25) is 12.3 Å². The van der Waals surface area contributed by atoms with E-state index in [-0.39, 0.29) is 11.7 Å². The molecule has 0 heterocycles. The molecule has 21 heavy (non-hydrogen) atoms. The van der Waals surface area contributed by atoms with Gasteiger partial charge in [-0.3, -0.25) is 0 Å². The minimum atomic E-state index is -0.781. The molecule has 0 rings (SSSR count). The zero-order chi connectivity index (χ0) is 16.8. The van der Waals surface area contributed by atoms with Crippen LogP contribution in [0, 0.1) is 0 Å². The number of hydrogen-bond donors (Lipinski definition) is 1. The smallest absolute Gasteiger partial charge is 0.404 e. The molecule has 0 aromatic heterocycles. The van der Waals surface area contributed by atoms with E-state index in [1.54, 1.807) is 0 Å². The summed E-state index contributed by atoms with van der Waals surface area (Å²) in [5.41, 5.74) is 5.08. The van der Waals surface area contributed by atoms with E-state index in [1.807, 2.05) is 6.92 Å². The number of rotatable bonds is 7. The molecular weight excluding hydrogens is 276 g/mol. The van der Waals surface area contributed by atoms with Crippen molar-refractivity contribution in [2.75, 3.05) is 0 Å². The first-order valence-electron chi connectivity index (χ1n) is 6.64. The SMILES string of the molecule is C=C(C)C(=O)OC(C)N=C=O.CCCCC(C)OC(N)=O. The van der Waals surface area contributed by atoms with Crippen molar-refractivity contribution in [3.05, 3.63) is 12.2 Å². The predicted molar refractivity (Wildman–Crippen MR) is 78.1 cm³/mol. The molecule has 0 saturated heterocycles. The molecule has 0 bridgehead atoms. The third-order valence-electron chi connectivity index (χ3n) is 2.14. The molecule has 120 valence electrons. The molecule has 2 unspecified atom stereocenters. The highest BCUT2D eigenvalue weighted by molar-refractivity contribution is 5.87. The summed E-state index contributed by atoms with van der Waals surface area (Å²) < 4.78 is 9.28. The van der Waals surface area contributed by atoms with E-state index >= 15 is 0 Å². The van der Waals surface area contributed by atoms with E-state index in [2.05, 4.69) is 23.2 Å². The van der Waals surface area contributed by atoms with E-state index in [4.69, 9.17) is 10.5 Å². The monoisotopic (exact) mass is 300 g/mol. The van der Waals surface area contributed by atoms with Crippen LogP contribution in [0.3, 0.4) is 0 Å². The van der Waals surface area contributed by atoms with Crippen LogP contribution < -0.4 is 5.73 Å². The lowest BCUT2D eigenvalue weighted by molar-refractivity contribution is -0.142. The van der Waals surface area contributed by atoms with E-state index in [9.17, 15) is 14.4 Å². The maximum atomic E-state index is 10.7. The highest BCUT2D eigenvalue weighted by Crippen LogP contribution is 2.02. The van der Waals surface area contributed by atoms with Gasteiger partial charge in [0.25, 0.3) is 0 Å². The lowest BCUT2D eigenvalue weighted by Gasteiger charge is -2.09. The average molecular weight is 300 g/mol. The summed E-state index contributed by atoms with van der Waals surface area (Å²) in [7, 11) is 0. The number of aliphatic imine (C=N–C) groups is 1. The lowest BCUT2D eigenvalue weighted by atomic mass is 10.2. The fourth-order valence-corrected chi connectivity index (χ4v) is 1.10. The summed E-state index contributed by atoms with van der Waals surface area (Å²) in [6, 6.07) is 0. The number of carbonyl (C=O) groups excluding carboxylic acids is 3. The first-order valence-corrected chi connectivity index (χ1v) is 6.64. The van der Waals surface area contributed by atoms with Gasteiger partial charge in [0.05, 0.1) is 0 Å². The molecule has 0 fully saturated rings. The Hall–Kier alpha value is -2.14. The first-order chi connectivity index (χ1) is 9.74. The summed E-state index contributed by atoms with van der Waals surface area (Å²) in [6.07, 6.45) is 2.89. The summed E-state index contributed by atoms with van der Waals surface area (Å²) >= 11 is 0. The third-order valence-corrected chi connectivity index (χ3v) is 2.14. The summed E-state index contributed by atoms with van der Waals surface area (Å²) in [5.74, 6) is -0.559. The third kappa shape index (κ3) is 15.8. The number of carbonyl (C=O) groups is 2. The number of primary amides is 1. The van der Waals surface area contributed by atoms with Gasteiger partial charge in [-0.15, -0.1) is 0 Å². The van der Waals surface area contributed by atoms with Crippen molar-refractivity contribution in [3.8, 4) is 0 Å². The van der Waals surface area contributed by atoms with Gasteiger partial charge in [0.1, 0.15) is 6.10 Å². The highest BCUT2D eigenvalue weighted by Gasteiger charge is 2.07. The zero-order valence-corrected chi connectivity index (χ0v) is 13.0. The molecule has 7 heteroatoms. The molecule has 1 amide bonds. The Balaban J connectivity index is 0. The maximum Gasteiger partial charge on any atom is 0.404 e. The zero-order valence-electron chi connectivity index (χ0n) is 13.0. The first kappa shape index (κ1) is 21.2. The predicted octanol–water partition coefficient (Wildman–Crippen LogP) is 2.45. The van der Waals surface area contributed by atoms with Gasteiger partial charge in [-0.1, -0.05) is 26.3 Å². The Morgan fingerprint density at radius 3 is 2.29 bits per heavy atom. The number of ether oxygens (including phenoxy) is 2. The molecule has 0 aliphatic carbocycles. The van der Waals surface area contributed by atoms with Crippen molar-refractivity contribution in [1.29, 1.82) is 0 Å². The van der Waals surface area contributed by atoms with Gasteiger partial charge in [-0.25, -0.2) is 14.4 Å². The number of isocyanates is 1. The molecule has 0 aliphatic heterocycles. The minimum absolute atomic E-state index is 0.0301. The van der Waals surface area contributed by atoms with Crippen LogP contribution in [-0.4, -0.2) is 30.5 Å². The Labute approximate surface area is 125 Å². The molecule has 0 aromatic carbocycles. The number of nitrogens with zero attached hydrogens (tertiary/aromatic N) is 1. The molecule has 0 saturated carbocycles. The van der Waals surface area contributed by atoms with E-state index in [1.165, 1.54) is 19.9 Å². The van der Waals surface area contributed by atoms with Crippen LogP contribution in [0.1, 0.15) is 47.0 Å². The minimum Gasteiger partial charge on any atom is -0.447 e. The number of amides is 1. The fraction of sp³-hybridized carbons (Fsp3) is 0.643. The van der Waals surface area contributed by atoms with Crippen LogP contribution in [0.5, 0.6) is 0 Å². The van der Waals surface area contributed by atoms with Crippen LogP contribution in [0.4, 0.5) is 4.79 Å². The number of nitrogens with two attached hydrogens (primary N) is 1. The number of hydrogen-bond acceptors (Lipinski definition) is 6. The van der Waals surface area contributed by atoms with Gasteiger partial charge < -0.3 is 15.2 Å². The molecule has 0 radical (unpaired) electrons. The molecule has 2 atom stereocenters. The topological polar surface area (TPSA) is 108 Å². The van der Waals surface area contributed by atoms with Gasteiger partial charge >= 0.3 is 12.1 Å². The number of unbranched alkanes of at least 4 members (excludes halogenated alkanes) is 1. The van der Waals surface area contributed by atoms with Crippen molar-refractivity contribution in [2.24, 2.45) is 10.7 Å². The Bertz CT molecular complexity index is 389. The van der Waals surface area contributed by atoms with Crippen molar-refractivity contribution in [3.63, 3.8) is 0 Å². The largest absolute Gasteiger partial charge is 0.447 e. The van der Waals surface area contributed by atoms with Gasteiger partial charge in [0.15, 0.2) is 0 Å². The van der Waals surface area contributed by atoms with Gasteiger partial charge in [-0.2, -0.15) is 4.99 Å². The standard InChI is InChI=1S/C7H9NO3.C7H15NO2/c1-5(2)7(10)11-6(3)8-4-9;1-3-4-5-6(2)10-7(8)9/h6H,1H2,2-3H3;6H,3-5H2,1-2H3,(H2,8,9). The normalized spacial score (nSPS) is 11.8. The van der Waals surface area contributed by atoms with E-state index in [0.29, 0.717) is 0 Å². The van der Waals surface area contributed by atoms with Gasteiger partial charge in [-0.05, 0) is 27.2 Å². The molecule has 2 N–H and O–H groups in total. The second-order valence-electron chi connectivity index (χ2n) is 4.40. The second-order valence-corrected chi connectivity index (χ2v) is 4.40. The molecule has 0 spiro atoms. The maximum absolute atomic E-state index is 10.7. The lowest BCUT2D eigenvalue weighted by Crippen LogP contribution is -2.20. The highest BCUT2D eigenvalue weighted by atomic mass is 16.6.